The minimum atomic E-state index is 0.0556. The molecular weight excluding hydrogens is 396 g/mol. The van der Waals surface area contributed by atoms with Crippen molar-refractivity contribution >= 4 is 17.5 Å². The smallest absolute Gasteiger partial charge is 0.253 e. The van der Waals surface area contributed by atoms with Crippen molar-refractivity contribution < 1.29 is 4.79 Å². The number of carbonyl (C=O) groups excluding carboxylic acids is 1. The maximum atomic E-state index is 12.7. The zero-order valence-corrected chi connectivity index (χ0v) is 17.4. The number of aromatic nitrogens is 2. The molecule has 1 aliphatic heterocycles. The SMILES string of the molecule is N#Cc1ccc(Cc2cncn2CC2CCN(C(=O)c3cccc(Cl)c3)CC2)cc1. The van der Waals surface area contributed by atoms with Gasteiger partial charge in [0, 0.05) is 48.5 Å². The predicted octanol–water partition coefficient (Wildman–Crippen LogP) is 4.55. The van der Waals surface area contributed by atoms with E-state index < -0.39 is 0 Å². The number of hydrogen-bond donors (Lipinski definition) is 0. The zero-order valence-electron chi connectivity index (χ0n) is 16.7. The Balaban J connectivity index is 1.34. The molecule has 3 aromatic rings. The number of hydrogen-bond acceptors (Lipinski definition) is 3. The quantitative estimate of drug-likeness (QED) is 0.610. The van der Waals surface area contributed by atoms with Crippen molar-refractivity contribution in [3.8, 4) is 6.07 Å². The van der Waals surface area contributed by atoms with Gasteiger partial charge >= 0.3 is 0 Å². The first-order valence-corrected chi connectivity index (χ1v) is 10.5. The van der Waals surface area contributed by atoms with Crippen LogP contribution in [-0.4, -0.2) is 33.4 Å². The average Bonchev–Trinajstić information content (AvgIpc) is 3.21. The summed E-state index contributed by atoms with van der Waals surface area (Å²) in [6, 6.07) is 17.0. The van der Waals surface area contributed by atoms with Crippen LogP contribution in [0.15, 0.2) is 61.1 Å². The van der Waals surface area contributed by atoms with Crippen molar-refractivity contribution in [2.24, 2.45) is 5.92 Å². The molecule has 152 valence electrons. The van der Waals surface area contributed by atoms with Gasteiger partial charge < -0.3 is 9.47 Å². The Kier molecular flexibility index (Phi) is 6.15. The number of piperidine rings is 1. The number of carbonyl (C=O) groups is 1. The van der Waals surface area contributed by atoms with Crippen LogP contribution in [0, 0.1) is 17.2 Å². The number of halogens is 1. The minimum Gasteiger partial charge on any atom is -0.339 e. The van der Waals surface area contributed by atoms with Crippen LogP contribution >= 0.6 is 11.6 Å². The molecule has 2 heterocycles. The lowest BCUT2D eigenvalue weighted by atomic mass is 9.96. The van der Waals surface area contributed by atoms with Gasteiger partial charge in [0.1, 0.15) is 0 Å². The van der Waals surface area contributed by atoms with Gasteiger partial charge in [0.15, 0.2) is 0 Å². The first-order chi connectivity index (χ1) is 14.6. The second-order valence-corrected chi connectivity index (χ2v) is 8.21. The number of nitriles is 1. The van der Waals surface area contributed by atoms with Gasteiger partial charge in [-0.25, -0.2) is 4.98 Å². The van der Waals surface area contributed by atoms with E-state index in [-0.39, 0.29) is 5.91 Å². The van der Waals surface area contributed by atoms with Gasteiger partial charge in [0.25, 0.3) is 5.91 Å². The van der Waals surface area contributed by atoms with Gasteiger partial charge in [-0.05, 0) is 54.7 Å². The molecule has 6 heteroatoms. The van der Waals surface area contributed by atoms with Crippen molar-refractivity contribution in [2.75, 3.05) is 13.1 Å². The number of amides is 1. The summed E-state index contributed by atoms with van der Waals surface area (Å²) in [7, 11) is 0. The molecular formula is C24H23ClN4O. The maximum Gasteiger partial charge on any atom is 0.253 e. The molecule has 5 nitrogen and oxygen atoms in total. The zero-order chi connectivity index (χ0) is 20.9. The monoisotopic (exact) mass is 418 g/mol. The lowest BCUT2D eigenvalue weighted by molar-refractivity contribution is 0.0682. The Morgan fingerprint density at radius 1 is 1.17 bits per heavy atom. The van der Waals surface area contributed by atoms with Crippen LogP contribution in [0.2, 0.25) is 5.02 Å². The second kappa shape index (κ2) is 9.15. The molecule has 0 atom stereocenters. The normalized spacial score (nSPS) is 14.5. The maximum absolute atomic E-state index is 12.7. The fraction of sp³-hybridized carbons (Fsp3) is 0.292. The van der Waals surface area contributed by atoms with Gasteiger partial charge in [-0.15, -0.1) is 0 Å². The van der Waals surface area contributed by atoms with Gasteiger partial charge in [-0.3, -0.25) is 4.79 Å². The van der Waals surface area contributed by atoms with Gasteiger partial charge in [-0.2, -0.15) is 5.26 Å². The fourth-order valence-corrected chi connectivity index (χ4v) is 4.16. The van der Waals surface area contributed by atoms with Crippen LogP contribution in [0.1, 0.15) is 40.0 Å². The van der Waals surface area contributed by atoms with E-state index in [4.69, 9.17) is 16.9 Å². The van der Waals surface area contributed by atoms with Crippen LogP contribution in [0.3, 0.4) is 0 Å². The third kappa shape index (κ3) is 4.72. The second-order valence-electron chi connectivity index (χ2n) is 7.77. The van der Waals surface area contributed by atoms with Crippen molar-refractivity contribution in [1.29, 1.82) is 5.26 Å². The van der Waals surface area contributed by atoms with Crippen LogP contribution < -0.4 is 0 Å². The molecule has 1 amide bonds. The highest BCUT2D eigenvalue weighted by atomic mass is 35.5. The Bertz CT molecular complexity index is 1060. The molecule has 1 aliphatic rings. The molecule has 1 saturated heterocycles. The number of likely N-dealkylation sites (tertiary alicyclic amines) is 1. The predicted molar refractivity (Wildman–Crippen MR) is 116 cm³/mol. The molecule has 0 unspecified atom stereocenters. The molecule has 0 bridgehead atoms. The lowest BCUT2D eigenvalue weighted by Gasteiger charge is -2.32. The number of imidazole rings is 1. The van der Waals surface area contributed by atoms with E-state index in [2.05, 4.69) is 15.6 Å². The van der Waals surface area contributed by atoms with Gasteiger partial charge in [-0.1, -0.05) is 29.8 Å². The van der Waals surface area contributed by atoms with Gasteiger partial charge in [0.05, 0.1) is 18.0 Å². The molecule has 1 aromatic heterocycles. The molecule has 30 heavy (non-hydrogen) atoms. The van der Waals surface area contributed by atoms with Crippen LogP contribution in [-0.2, 0) is 13.0 Å². The lowest BCUT2D eigenvalue weighted by Crippen LogP contribution is -2.39. The minimum absolute atomic E-state index is 0.0556. The average molecular weight is 419 g/mol. The van der Waals surface area contributed by atoms with Crippen molar-refractivity contribution in [1.82, 2.24) is 14.5 Å². The van der Waals surface area contributed by atoms with E-state index in [9.17, 15) is 4.79 Å². The van der Waals surface area contributed by atoms with Crippen molar-refractivity contribution in [3.05, 3.63) is 88.5 Å². The summed E-state index contributed by atoms with van der Waals surface area (Å²) < 4.78 is 2.22. The largest absolute Gasteiger partial charge is 0.339 e. The van der Waals surface area contributed by atoms with Crippen LogP contribution in [0.25, 0.3) is 0 Å². The third-order valence-corrected chi connectivity index (χ3v) is 5.93. The number of benzene rings is 2. The molecule has 0 aliphatic carbocycles. The summed E-state index contributed by atoms with van der Waals surface area (Å²) in [5, 5.41) is 9.54. The van der Waals surface area contributed by atoms with E-state index in [1.165, 1.54) is 0 Å². The summed E-state index contributed by atoms with van der Waals surface area (Å²) in [4.78, 5) is 19.0. The fourth-order valence-electron chi connectivity index (χ4n) is 3.97. The molecule has 0 spiro atoms. The van der Waals surface area contributed by atoms with Crippen LogP contribution in [0.4, 0.5) is 0 Å². The van der Waals surface area contributed by atoms with E-state index in [1.54, 1.807) is 12.1 Å². The molecule has 4 rings (SSSR count). The van der Waals surface area contributed by atoms with E-state index >= 15 is 0 Å². The topological polar surface area (TPSA) is 61.9 Å². The summed E-state index contributed by atoms with van der Waals surface area (Å²) in [6.45, 7) is 2.43. The molecule has 1 fully saturated rings. The summed E-state index contributed by atoms with van der Waals surface area (Å²) in [5.74, 6) is 0.572. The Morgan fingerprint density at radius 2 is 1.93 bits per heavy atom. The van der Waals surface area contributed by atoms with E-state index in [0.717, 1.165) is 50.2 Å². The number of rotatable bonds is 5. The highest BCUT2D eigenvalue weighted by Gasteiger charge is 2.24. The highest BCUT2D eigenvalue weighted by molar-refractivity contribution is 6.30. The Morgan fingerprint density at radius 3 is 2.63 bits per heavy atom. The van der Waals surface area contributed by atoms with Crippen molar-refractivity contribution in [2.45, 2.75) is 25.8 Å². The van der Waals surface area contributed by atoms with Crippen molar-refractivity contribution in [3.63, 3.8) is 0 Å². The van der Waals surface area contributed by atoms with E-state index in [0.29, 0.717) is 22.1 Å². The molecule has 0 saturated carbocycles. The Labute approximate surface area is 181 Å². The molecule has 0 N–H and O–H groups in total. The number of nitrogens with zero attached hydrogens (tertiary/aromatic N) is 4. The highest BCUT2D eigenvalue weighted by Crippen LogP contribution is 2.23. The summed E-state index contributed by atoms with van der Waals surface area (Å²) >= 11 is 6.02. The Hall–Kier alpha value is -3.10. The van der Waals surface area contributed by atoms with E-state index in [1.807, 2.05) is 53.8 Å². The molecule has 2 aromatic carbocycles. The third-order valence-electron chi connectivity index (χ3n) is 5.70. The first-order valence-electron chi connectivity index (χ1n) is 10.2. The summed E-state index contributed by atoms with van der Waals surface area (Å²) in [5.41, 5.74) is 3.65. The van der Waals surface area contributed by atoms with Gasteiger partial charge in [0.2, 0.25) is 0 Å². The molecule has 0 radical (unpaired) electrons. The summed E-state index contributed by atoms with van der Waals surface area (Å²) in [6.07, 6.45) is 6.54. The first kappa shape index (κ1) is 20.2. The standard InChI is InChI=1S/C24H23ClN4O/c25-22-3-1-2-21(13-22)24(30)28-10-8-20(9-11-28)16-29-17-27-15-23(29)12-18-4-6-19(14-26)7-5-18/h1-7,13,15,17,20H,8-12,16H2. The van der Waals surface area contributed by atoms with Crippen LogP contribution in [0.5, 0.6) is 0 Å².